The molecule has 1 saturated carbocycles. The summed E-state index contributed by atoms with van der Waals surface area (Å²) >= 11 is 0. The molecule has 5 atom stereocenters. The maximum Gasteiger partial charge on any atom is 0.417 e. The van der Waals surface area contributed by atoms with Crippen molar-refractivity contribution in [3.05, 3.63) is 29.3 Å². The van der Waals surface area contributed by atoms with Crippen LogP contribution in [0.1, 0.15) is 44.2 Å². The van der Waals surface area contributed by atoms with Crippen molar-refractivity contribution in [1.82, 2.24) is 0 Å². The summed E-state index contributed by atoms with van der Waals surface area (Å²) in [5.74, 6) is -4.21. The first-order chi connectivity index (χ1) is 15.4. The Kier molecular flexibility index (Phi) is 4.51. The lowest BCUT2D eigenvalue weighted by molar-refractivity contribution is -0.157. The molecule has 5 rings (SSSR count). The number of carbonyl (C=O) groups excluding carboxylic acids is 3. The molecule has 1 aromatic carbocycles. The molecule has 0 aromatic heterocycles. The Bertz CT molecular complexity index is 1120. The SMILES string of the molecule is C[C@@]12O[C@](C)(C[C@H]1C(=O)OCC1CC1)[C@H]1C(=O)N(c3ccc(C#N)c(C(F)(F)F)c3)C(=O)[C@H]12. The zero-order valence-corrected chi connectivity index (χ0v) is 17.9. The Balaban J connectivity index is 1.49. The fourth-order valence-corrected chi connectivity index (χ4v) is 5.72. The summed E-state index contributed by atoms with van der Waals surface area (Å²) in [7, 11) is 0. The first-order valence-corrected chi connectivity index (χ1v) is 10.8. The summed E-state index contributed by atoms with van der Waals surface area (Å²) in [5, 5.41) is 9.02. The van der Waals surface area contributed by atoms with E-state index in [0.29, 0.717) is 18.6 Å². The van der Waals surface area contributed by atoms with Crippen molar-refractivity contribution in [2.75, 3.05) is 11.5 Å². The molecule has 0 radical (unpaired) electrons. The van der Waals surface area contributed by atoms with E-state index in [4.69, 9.17) is 14.7 Å². The smallest absolute Gasteiger partial charge is 0.417 e. The van der Waals surface area contributed by atoms with E-state index < -0.39 is 64.0 Å². The van der Waals surface area contributed by atoms with Gasteiger partial charge in [0.25, 0.3) is 0 Å². The van der Waals surface area contributed by atoms with E-state index in [0.717, 1.165) is 29.9 Å². The van der Waals surface area contributed by atoms with Crippen molar-refractivity contribution in [3.8, 4) is 6.07 Å². The second-order valence-corrected chi connectivity index (χ2v) is 9.74. The van der Waals surface area contributed by atoms with Crippen LogP contribution in [-0.2, 0) is 30.0 Å². The minimum Gasteiger partial charge on any atom is -0.465 e. The number of alkyl halides is 3. The highest BCUT2D eigenvalue weighted by molar-refractivity contribution is 6.23. The van der Waals surface area contributed by atoms with Crippen LogP contribution >= 0.6 is 0 Å². The Hall–Kier alpha value is -2.93. The van der Waals surface area contributed by atoms with Crippen LogP contribution in [0.3, 0.4) is 0 Å². The van der Waals surface area contributed by atoms with Crippen LogP contribution in [0.15, 0.2) is 18.2 Å². The first kappa shape index (κ1) is 21.9. The van der Waals surface area contributed by atoms with Gasteiger partial charge in [-0.3, -0.25) is 14.4 Å². The molecule has 7 nitrogen and oxygen atoms in total. The highest BCUT2D eigenvalue weighted by Gasteiger charge is 2.77. The molecule has 3 heterocycles. The molecule has 174 valence electrons. The molecule has 0 N–H and O–H groups in total. The van der Waals surface area contributed by atoms with Crippen LogP contribution in [-0.4, -0.2) is 35.6 Å². The average molecular weight is 462 g/mol. The second-order valence-electron chi connectivity index (χ2n) is 9.74. The van der Waals surface area contributed by atoms with Gasteiger partial charge in [0.1, 0.15) is 0 Å². The summed E-state index contributed by atoms with van der Waals surface area (Å²) < 4.78 is 51.9. The standard InChI is InChI=1S/C23H21F3N2O5/c1-21-8-15(20(31)32-10-11-3-4-11)22(2,33-21)17-16(21)18(29)28(19(17)30)13-6-5-12(9-27)14(7-13)23(24,25)26/h5-7,11,15-17H,3-4,8,10H2,1-2H3/t15-,16+,17-,21+,22+/m0/s1. The largest absolute Gasteiger partial charge is 0.465 e. The van der Waals surface area contributed by atoms with Crippen molar-refractivity contribution >= 4 is 23.5 Å². The molecule has 3 aliphatic heterocycles. The molecule has 1 aromatic rings. The number of fused-ring (bicyclic) bond motifs is 5. The summed E-state index contributed by atoms with van der Waals surface area (Å²) in [5.41, 5.74) is -4.51. The summed E-state index contributed by atoms with van der Waals surface area (Å²) in [6.07, 6.45) is -2.65. The predicted octanol–water partition coefficient (Wildman–Crippen LogP) is 3.20. The Morgan fingerprint density at radius 2 is 1.91 bits per heavy atom. The van der Waals surface area contributed by atoms with Crippen LogP contribution in [0.5, 0.6) is 0 Å². The van der Waals surface area contributed by atoms with E-state index in [9.17, 15) is 27.6 Å². The van der Waals surface area contributed by atoms with E-state index >= 15 is 0 Å². The molecule has 0 spiro atoms. The zero-order valence-electron chi connectivity index (χ0n) is 17.9. The average Bonchev–Trinajstić information content (AvgIpc) is 3.41. The van der Waals surface area contributed by atoms with Crippen molar-refractivity contribution in [2.45, 2.75) is 50.5 Å². The number of carbonyl (C=O) groups is 3. The number of nitriles is 1. The quantitative estimate of drug-likeness (QED) is 0.504. The molecular weight excluding hydrogens is 441 g/mol. The van der Waals surface area contributed by atoms with Crippen LogP contribution in [0.2, 0.25) is 0 Å². The fraction of sp³-hybridized carbons (Fsp3) is 0.565. The number of esters is 1. The minimum atomic E-state index is -4.83. The van der Waals surface area contributed by atoms with E-state index in [-0.39, 0.29) is 12.1 Å². The molecule has 2 amide bonds. The molecule has 1 aliphatic carbocycles. The third kappa shape index (κ3) is 3.09. The summed E-state index contributed by atoms with van der Waals surface area (Å²) in [4.78, 5) is 40.3. The minimum absolute atomic E-state index is 0.183. The van der Waals surface area contributed by atoms with Gasteiger partial charge in [-0.2, -0.15) is 18.4 Å². The van der Waals surface area contributed by atoms with Gasteiger partial charge in [-0.05, 0) is 57.2 Å². The van der Waals surface area contributed by atoms with Gasteiger partial charge in [0.15, 0.2) is 0 Å². The number of anilines is 1. The van der Waals surface area contributed by atoms with Crippen LogP contribution < -0.4 is 4.90 Å². The van der Waals surface area contributed by atoms with Crippen molar-refractivity contribution in [2.24, 2.45) is 23.7 Å². The van der Waals surface area contributed by atoms with E-state index in [1.54, 1.807) is 13.8 Å². The van der Waals surface area contributed by atoms with Gasteiger partial charge >= 0.3 is 12.1 Å². The summed E-state index contributed by atoms with van der Waals surface area (Å²) in [6.45, 7) is 3.56. The van der Waals surface area contributed by atoms with E-state index in [1.165, 1.54) is 6.07 Å². The lowest BCUT2D eigenvalue weighted by atomic mass is 9.64. The first-order valence-electron chi connectivity index (χ1n) is 10.8. The van der Waals surface area contributed by atoms with Crippen LogP contribution in [0.25, 0.3) is 0 Å². The van der Waals surface area contributed by atoms with E-state index in [1.807, 2.05) is 0 Å². The normalized spacial score (nSPS) is 35.0. The zero-order chi connectivity index (χ0) is 23.9. The number of ether oxygens (including phenoxy) is 2. The van der Waals surface area contributed by atoms with Gasteiger partial charge in [0.05, 0.1) is 58.4 Å². The molecule has 4 fully saturated rings. The van der Waals surface area contributed by atoms with E-state index in [2.05, 4.69) is 0 Å². The van der Waals surface area contributed by atoms with Gasteiger partial charge in [-0.25, -0.2) is 4.90 Å². The lowest BCUT2D eigenvalue weighted by Gasteiger charge is -2.33. The Morgan fingerprint density at radius 1 is 1.24 bits per heavy atom. The van der Waals surface area contributed by atoms with Crippen molar-refractivity contribution in [3.63, 3.8) is 0 Å². The number of amides is 2. The van der Waals surface area contributed by atoms with Crippen LogP contribution in [0, 0.1) is 35.0 Å². The number of halogens is 3. The lowest BCUT2D eigenvalue weighted by Crippen LogP contribution is -2.49. The number of benzene rings is 1. The molecular formula is C23H21F3N2O5. The highest BCUT2D eigenvalue weighted by atomic mass is 19.4. The van der Waals surface area contributed by atoms with Gasteiger partial charge in [-0.1, -0.05) is 0 Å². The number of nitrogens with zero attached hydrogens (tertiary/aromatic N) is 2. The number of hydrogen-bond acceptors (Lipinski definition) is 6. The molecule has 10 heteroatoms. The van der Waals surface area contributed by atoms with Gasteiger partial charge in [-0.15, -0.1) is 0 Å². The molecule has 33 heavy (non-hydrogen) atoms. The molecule has 4 aliphatic rings. The van der Waals surface area contributed by atoms with Gasteiger partial charge in [0, 0.05) is 0 Å². The topological polar surface area (TPSA) is 96.7 Å². The fourth-order valence-electron chi connectivity index (χ4n) is 5.72. The second kappa shape index (κ2) is 6.79. The number of rotatable bonds is 4. The van der Waals surface area contributed by atoms with Gasteiger partial charge < -0.3 is 9.47 Å². The maximum absolute atomic E-state index is 13.4. The molecule has 2 bridgehead atoms. The third-order valence-corrected chi connectivity index (χ3v) is 7.47. The number of imide groups is 1. The summed E-state index contributed by atoms with van der Waals surface area (Å²) in [6, 6.07) is 4.22. The third-order valence-electron chi connectivity index (χ3n) is 7.47. The molecule has 3 saturated heterocycles. The monoisotopic (exact) mass is 462 g/mol. The maximum atomic E-state index is 13.4. The Morgan fingerprint density at radius 3 is 2.52 bits per heavy atom. The van der Waals surface area contributed by atoms with Crippen molar-refractivity contribution in [1.29, 1.82) is 5.26 Å². The predicted molar refractivity (Wildman–Crippen MR) is 105 cm³/mol. The Labute approximate surface area is 187 Å². The van der Waals surface area contributed by atoms with Gasteiger partial charge in [0.2, 0.25) is 11.8 Å². The molecule has 0 unspecified atom stereocenters. The number of hydrogen-bond donors (Lipinski definition) is 0. The van der Waals surface area contributed by atoms with Crippen LogP contribution in [0.4, 0.5) is 18.9 Å². The van der Waals surface area contributed by atoms with Crippen molar-refractivity contribution < 1.29 is 37.0 Å². The highest BCUT2D eigenvalue weighted by Crippen LogP contribution is 2.63.